The molecule has 0 aliphatic carbocycles. The Bertz CT molecular complexity index is 696. The van der Waals surface area contributed by atoms with Gasteiger partial charge >= 0.3 is 0 Å². The second-order valence-corrected chi connectivity index (χ2v) is 5.59. The van der Waals surface area contributed by atoms with Gasteiger partial charge in [-0.05, 0) is 49.6 Å². The number of anilines is 1. The maximum atomic E-state index is 13.2. The van der Waals surface area contributed by atoms with Crippen LogP contribution < -0.4 is 10.6 Å². The molecule has 0 aromatic heterocycles. The molecule has 23 heavy (non-hydrogen) atoms. The number of para-hydroxylation sites is 1. The number of nitrogens with one attached hydrogen (secondary N) is 2. The van der Waals surface area contributed by atoms with Crippen molar-refractivity contribution in [2.45, 2.75) is 26.8 Å². The SMILES string of the molecule is Cc1cccc(C)c1NC(=O)CN[C@@H](C)c1ccc(F)c(F)c1. The van der Waals surface area contributed by atoms with Crippen LogP contribution >= 0.6 is 0 Å². The Hall–Kier alpha value is -2.27. The van der Waals surface area contributed by atoms with Crippen molar-refractivity contribution in [3.63, 3.8) is 0 Å². The third kappa shape index (κ3) is 4.36. The van der Waals surface area contributed by atoms with Gasteiger partial charge < -0.3 is 10.6 Å². The summed E-state index contributed by atoms with van der Waals surface area (Å²) in [5, 5.41) is 5.87. The molecule has 5 heteroatoms. The fourth-order valence-electron chi connectivity index (χ4n) is 2.34. The van der Waals surface area contributed by atoms with Gasteiger partial charge in [0.1, 0.15) is 0 Å². The number of hydrogen-bond donors (Lipinski definition) is 2. The van der Waals surface area contributed by atoms with Crippen molar-refractivity contribution >= 4 is 11.6 Å². The van der Waals surface area contributed by atoms with Crippen molar-refractivity contribution < 1.29 is 13.6 Å². The van der Waals surface area contributed by atoms with Crippen LogP contribution in [0.4, 0.5) is 14.5 Å². The third-order valence-electron chi connectivity index (χ3n) is 3.76. The second-order valence-electron chi connectivity index (χ2n) is 5.59. The first-order valence-electron chi connectivity index (χ1n) is 7.43. The lowest BCUT2D eigenvalue weighted by Gasteiger charge is -2.16. The maximum absolute atomic E-state index is 13.2. The summed E-state index contributed by atoms with van der Waals surface area (Å²) in [6, 6.07) is 9.24. The zero-order valence-corrected chi connectivity index (χ0v) is 13.4. The number of benzene rings is 2. The molecule has 3 nitrogen and oxygen atoms in total. The lowest BCUT2D eigenvalue weighted by atomic mass is 10.1. The van der Waals surface area contributed by atoms with E-state index in [2.05, 4.69) is 10.6 Å². The van der Waals surface area contributed by atoms with Crippen molar-refractivity contribution in [1.82, 2.24) is 5.32 Å². The molecule has 122 valence electrons. The van der Waals surface area contributed by atoms with E-state index in [4.69, 9.17) is 0 Å². The lowest BCUT2D eigenvalue weighted by Crippen LogP contribution is -2.30. The van der Waals surface area contributed by atoms with Crippen molar-refractivity contribution in [2.24, 2.45) is 0 Å². The zero-order valence-electron chi connectivity index (χ0n) is 13.4. The Morgan fingerprint density at radius 1 is 1.09 bits per heavy atom. The van der Waals surface area contributed by atoms with Gasteiger partial charge in [0.2, 0.25) is 5.91 Å². The number of amides is 1. The monoisotopic (exact) mass is 318 g/mol. The first-order valence-corrected chi connectivity index (χ1v) is 7.43. The Labute approximate surface area is 134 Å². The number of halogens is 2. The normalized spacial score (nSPS) is 12.0. The fourth-order valence-corrected chi connectivity index (χ4v) is 2.34. The highest BCUT2D eigenvalue weighted by atomic mass is 19.2. The molecule has 0 unspecified atom stereocenters. The van der Waals surface area contributed by atoms with Crippen LogP contribution in [0, 0.1) is 25.5 Å². The standard InChI is InChI=1S/C18H20F2N2O/c1-11-5-4-6-12(2)18(11)22-17(23)10-21-13(3)14-7-8-15(19)16(20)9-14/h4-9,13,21H,10H2,1-3H3,(H,22,23)/t13-/m0/s1. The van der Waals surface area contributed by atoms with Gasteiger partial charge in [0.05, 0.1) is 6.54 Å². The van der Waals surface area contributed by atoms with Crippen molar-refractivity contribution in [2.75, 3.05) is 11.9 Å². The highest BCUT2D eigenvalue weighted by Crippen LogP contribution is 2.19. The summed E-state index contributed by atoms with van der Waals surface area (Å²) in [4.78, 5) is 12.1. The molecular weight excluding hydrogens is 298 g/mol. The summed E-state index contributed by atoms with van der Waals surface area (Å²) in [5.41, 5.74) is 3.38. The van der Waals surface area contributed by atoms with Gasteiger partial charge in [-0.15, -0.1) is 0 Å². The topological polar surface area (TPSA) is 41.1 Å². The minimum absolute atomic E-state index is 0.0773. The van der Waals surface area contributed by atoms with Crippen molar-refractivity contribution in [1.29, 1.82) is 0 Å². The summed E-state index contributed by atoms with van der Waals surface area (Å²) >= 11 is 0. The zero-order chi connectivity index (χ0) is 17.0. The van der Waals surface area contributed by atoms with E-state index >= 15 is 0 Å². The van der Waals surface area contributed by atoms with Gasteiger partial charge in [0, 0.05) is 11.7 Å². The molecule has 0 fully saturated rings. The largest absolute Gasteiger partial charge is 0.324 e. The predicted molar refractivity (Wildman–Crippen MR) is 87.3 cm³/mol. The molecule has 0 saturated heterocycles. The Morgan fingerprint density at radius 2 is 1.74 bits per heavy atom. The molecule has 2 aromatic rings. The molecular formula is C18H20F2N2O. The molecule has 1 amide bonds. The molecule has 0 radical (unpaired) electrons. The molecule has 0 bridgehead atoms. The van der Waals surface area contributed by atoms with E-state index in [-0.39, 0.29) is 18.5 Å². The van der Waals surface area contributed by atoms with Crippen LogP contribution in [0.1, 0.15) is 29.7 Å². The number of hydrogen-bond acceptors (Lipinski definition) is 2. The molecule has 2 N–H and O–H groups in total. The molecule has 2 rings (SSSR count). The fraction of sp³-hybridized carbons (Fsp3) is 0.278. The highest BCUT2D eigenvalue weighted by Gasteiger charge is 2.12. The molecule has 0 aliphatic rings. The Kier molecular flexibility index (Phi) is 5.45. The van der Waals surface area contributed by atoms with Gasteiger partial charge in [-0.25, -0.2) is 8.78 Å². The Balaban J connectivity index is 1.95. The number of aryl methyl sites for hydroxylation is 2. The van der Waals surface area contributed by atoms with Gasteiger partial charge in [-0.2, -0.15) is 0 Å². The number of rotatable bonds is 5. The summed E-state index contributed by atoms with van der Waals surface area (Å²) < 4.78 is 26.2. The van der Waals surface area contributed by atoms with E-state index in [1.54, 1.807) is 6.92 Å². The van der Waals surface area contributed by atoms with Crippen LogP contribution in [0.5, 0.6) is 0 Å². The van der Waals surface area contributed by atoms with Gasteiger partial charge in [-0.3, -0.25) is 4.79 Å². The molecule has 0 spiro atoms. The van der Waals surface area contributed by atoms with Crippen LogP contribution in [-0.2, 0) is 4.79 Å². The average Bonchev–Trinajstić information content (AvgIpc) is 2.51. The quantitative estimate of drug-likeness (QED) is 0.878. The van der Waals surface area contributed by atoms with Crippen LogP contribution in [0.15, 0.2) is 36.4 Å². The van der Waals surface area contributed by atoms with E-state index in [1.165, 1.54) is 6.07 Å². The molecule has 0 saturated carbocycles. The van der Waals surface area contributed by atoms with Crippen LogP contribution in [0.25, 0.3) is 0 Å². The highest BCUT2D eigenvalue weighted by molar-refractivity contribution is 5.93. The van der Waals surface area contributed by atoms with Gasteiger partial charge in [0.15, 0.2) is 11.6 Å². The maximum Gasteiger partial charge on any atom is 0.238 e. The molecule has 2 aromatic carbocycles. The van der Waals surface area contributed by atoms with Gasteiger partial charge in [-0.1, -0.05) is 24.3 Å². The molecule has 0 aliphatic heterocycles. The van der Waals surface area contributed by atoms with Gasteiger partial charge in [0.25, 0.3) is 0 Å². The van der Waals surface area contributed by atoms with E-state index in [0.29, 0.717) is 5.56 Å². The van der Waals surface area contributed by atoms with Crippen LogP contribution in [0.2, 0.25) is 0 Å². The van der Waals surface area contributed by atoms with Crippen molar-refractivity contribution in [3.05, 3.63) is 64.7 Å². The van der Waals surface area contributed by atoms with Crippen molar-refractivity contribution in [3.8, 4) is 0 Å². The van der Waals surface area contributed by atoms with E-state index < -0.39 is 11.6 Å². The first-order chi connectivity index (χ1) is 10.9. The minimum Gasteiger partial charge on any atom is -0.324 e. The van der Waals surface area contributed by atoms with E-state index in [1.807, 2.05) is 32.0 Å². The summed E-state index contributed by atoms with van der Waals surface area (Å²) in [6.07, 6.45) is 0. The molecule has 0 heterocycles. The minimum atomic E-state index is -0.892. The smallest absolute Gasteiger partial charge is 0.238 e. The summed E-state index contributed by atoms with van der Waals surface area (Å²) in [5.74, 6) is -1.96. The number of carbonyl (C=O) groups excluding carboxylic acids is 1. The lowest BCUT2D eigenvalue weighted by molar-refractivity contribution is -0.115. The summed E-state index contributed by atoms with van der Waals surface area (Å²) in [7, 11) is 0. The van der Waals surface area contributed by atoms with E-state index in [0.717, 1.165) is 28.9 Å². The predicted octanol–water partition coefficient (Wildman–Crippen LogP) is 3.87. The Morgan fingerprint density at radius 3 is 2.35 bits per heavy atom. The second kappa shape index (κ2) is 7.33. The van der Waals surface area contributed by atoms with E-state index in [9.17, 15) is 13.6 Å². The van der Waals surface area contributed by atoms with Crippen LogP contribution in [0.3, 0.4) is 0 Å². The molecule has 1 atom stereocenters. The third-order valence-corrected chi connectivity index (χ3v) is 3.76. The average molecular weight is 318 g/mol. The first kappa shape index (κ1) is 17.1. The summed E-state index contributed by atoms with van der Waals surface area (Å²) in [6.45, 7) is 5.73. The van der Waals surface area contributed by atoms with Crippen LogP contribution in [-0.4, -0.2) is 12.5 Å². The number of carbonyl (C=O) groups is 1.